The van der Waals surface area contributed by atoms with Crippen LogP contribution in [0.1, 0.15) is 63.5 Å². The molecule has 0 unspecified atom stereocenters. The van der Waals surface area contributed by atoms with Gasteiger partial charge < -0.3 is 5.11 Å². The molecule has 0 heterocycles. The first-order chi connectivity index (χ1) is 8.94. The standard InChI is InChI=1S/C17H25ClO/c1-12-4-6-13(7-5-12)15-9-8-14(10-16(15)18)17(2,3)11-19/h8-10,12-13,19H,4-7,11H2,1-3H3. The Balaban J connectivity index is 2.20. The molecular weight excluding hydrogens is 256 g/mol. The molecule has 2 heteroatoms. The first-order valence-corrected chi connectivity index (χ1v) is 7.72. The van der Waals surface area contributed by atoms with Crippen LogP contribution in [-0.2, 0) is 5.41 Å². The van der Waals surface area contributed by atoms with Crippen molar-refractivity contribution >= 4 is 11.6 Å². The van der Waals surface area contributed by atoms with Crippen molar-refractivity contribution in [2.24, 2.45) is 5.92 Å². The summed E-state index contributed by atoms with van der Waals surface area (Å²) in [6, 6.07) is 6.36. The van der Waals surface area contributed by atoms with E-state index in [0.29, 0.717) is 5.92 Å². The highest BCUT2D eigenvalue weighted by Gasteiger charge is 2.24. The number of hydrogen-bond donors (Lipinski definition) is 1. The molecule has 1 aromatic carbocycles. The molecule has 0 bridgehead atoms. The van der Waals surface area contributed by atoms with E-state index in [1.54, 1.807) is 0 Å². The summed E-state index contributed by atoms with van der Waals surface area (Å²) in [7, 11) is 0. The Morgan fingerprint density at radius 3 is 2.37 bits per heavy atom. The zero-order valence-electron chi connectivity index (χ0n) is 12.2. The fourth-order valence-corrected chi connectivity index (χ4v) is 3.28. The first-order valence-electron chi connectivity index (χ1n) is 7.35. The zero-order valence-corrected chi connectivity index (χ0v) is 13.0. The number of aliphatic hydroxyl groups is 1. The molecule has 19 heavy (non-hydrogen) atoms. The van der Waals surface area contributed by atoms with Crippen LogP contribution >= 0.6 is 11.6 Å². The third-order valence-corrected chi connectivity index (χ3v) is 4.96. The minimum absolute atomic E-state index is 0.142. The average Bonchev–Trinajstić information content (AvgIpc) is 2.40. The van der Waals surface area contributed by atoms with E-state index in [1.807, 2.05) is 19.9 Å². The van der Waals surface area contributed by atoms with E-state index in [1.165, 1.54) is 31.2 Å². The Labute approximate surface area is 122 Å². The summed E-state index contributed by atoms with van der Waals surface area (Å²) in [5, 5.41) is 10.3. The molecule has 106 valence electrons. The predicted octanol–water partition coefficient (Wildman–Crippen LogP) is 4.90. The maximum Gasteiger partial charge on any atom is 0.0522 e. The van der Waals surface area contributed by atoms with Crippen molar-refractivity contribution in [2.45, 2.75) is 57.8 Å². The van der Waals surface area contributed by atoms with E-state index in [0.717, 1.165) is 16.5 Å². The Kier molecular flexibility index (Phi) is 4.58. The molecule has 1 aromatic rings. The van der Waals surface area contributed by atoms with Gasteiger partial charge in [0.25, 0.3) is 0 Å². The lowest BCUT2D eigenvalue weighted by Gasteiger charge is -2.28. The maximum absolute atomic E-state index is 9.44. The van der Waals surface area contributed by atoms with Crippen LogP contribution < -0.4 is 0 Å². The first kappa shape index (κ1) is 14.9. The molecule has 1 saturated carbocycles. The van der Waals surface area contributed by atoms with Crippen molar-refractivity contribution in [3.8, 4) is 0 Å². The minimum atomic E-state index is -0.219. The molecule has 1 fully saturated rings. The van der Waals surface area contributed by atoms with E-state index >= 15 is 0 Å². The van der Waals surface area contributed by atoms with Gasteiger partial charge in [-0.1, -0.05) is 57.3 Å². The lowest BCUT2D eigenvalue weighted by molar-refractivity contribution is 0.218. The van der Waals surface area contributed by atoms with Crippen LogP contribution in [0, 0.1) is 5.92 Å². The number of rotatable bonds is 3. The molecule has 0 aromatic heterocycles. The fourth-order valence-electron chi connectivity index (χ4n) is 2.94. The van der Waals surface area contributed by atoms with E-state index < -0.39 is 0 Å². The summed E-state index contributed by atoms with van der Waals surface area (Å²) in [6.45, 7) is 6.57. The van der Waals surface area contributed by atoms with E-state index in [-0.39, 0.29) is 12.0 Å². The van der Waals surface area contributed by atoms with Gasteiger partial charge >= 0.3 is 0 Å². The van der Waals surface area contributed by atoms with Crippen LogP contribution in [0.5, 0.6) is 0 Å². The van der Waals surface area contributed by atoms with Gasteiger partial charge in [0.05, 0.1) is 6.61 Å². The molecule has 1 aliphatic carbocycles. The summed E-state index contributed by atoms with van der Waals surface area (Å²) in [4.78, 5) is 0. The topological polar surface area (TPSA) is 20.2 Å². The zero-order chi connectivity index (χ0) is 14.0. The molecule has 1 nitrogen and oxygen atoms in total. The second kappa shape index (κ2) is 5.85. The summed E-state index contributed by atoms with van der Waals surface area (Å²) in [6.07, 6.45) is 5.13. The maximum atomic E-state index is 9.44. The van der Waals surface area contributed by atoms with Crippen LogP contribution in [-0.4, -0.2) is 11.7 Å². The summed E-state index contributed by atoms with van der Waals surface area (Å²) in [5.74, 6) is 1.48. The van der Waals surface area contributed by atoms with Gasteiger partial charge in [-0.05, 0) is 41.9 Å². The smallest absolute Gasteiger partial charge is 0.0522 e. The third kappa shape index (κ3) is 3.32. The summed E-state index contributed by atoms with van der Waals surface area (Å²) in [5.41, 5.74) is 2.20. The van der Waals surface area contributed by atoms with E-state index in [4.69, 9.17) is 11.6 Å². The summed E-state index contributed by atoms with van der Waals surface area (Å²) < 4.78 is 0. The van der Waals surface area contributed by atoms with Gasteiger partial charge in [0.15, 0.2) is 0 Å². The highest BCUT2D eigenvalue weighted by Crippen LogP contribution is 2.39. The van der Waals surface area contributed by atoms with Crippen molar-refractivity contribution in [1.29, 1.82) is 0 Å². The van der Waals surface area contributed by atoms with E-state index in [9.17, 15) is 5.11 Å². The van der Waals surface area contributed by atoms with Gasteiger partial charge in [-0.2, -0.15) is 0 Å². The van der Waals surface area contributed by atoms with Crippen LogP contribution in [0.25, 0.3) is 0 Å². The predicted molar refractivity (Wildman–Crippen MR) is 81.9 cm³/mol. The van der Waals surface area contributed by atoms with Crippen LogP contribution in [0.3, 0.4) is 0 Å². The van der Waals surface area contributed by atoms with Gasteiger partial charge in [-0.25, -0.2) is 0 Å². The third-order valence-electron chi connectivity index (χ3n) is 4.63. The molecule has 0 spiro atoms. The lowest BCUT2D eigenvalue weighted by atomic mass is 9.78. The molecular formula is C17H25ClO. The molecule has 0 saturated heterocycles. The Bertz CT molecular complexity index is 431. The largest absolute Gasteiger partial charge is 0.395 e. The minimum Gasteiger partial charge on any atom is -0.395 e. The Morgan fingerprint density at radius 1 is 1.21 bits per heavy atom. The molecule has 1 N–H and O–H groups in total. The van der Waals surface area contributed by atoms with Crippen LogP contribution in [0.15, 0.2) is 18.2 Å². The normalized spacial score (nSPS) is 24.5. The lowest BCUT2D eigenvalue weighted by Crippen LogP contribution is -2.22. The van der Waals surface area contributed by atoms with Crippen LogP contribution in [0.4, 0.5) is 0 Å². The Hall–Kier alpha value is -0.530. The average molecular weight is 281 g/mol. The van der Waals surface area contributed by atoms with Crippen molar-refractivity contribution in [3.63, 3.8) is 0 Å². The number of benzene rings is 1. The second-order valence-electron chi connectivity index (χ2n) is 6.74. The molecule has 0 atom stereocenters. The quantitative estimate of drug-likeness (QED) is 0.835. The summed E-state index contributed by atoms with van der Waals surface area (Å²) >= 11 is 6.48. The molecule has 1 aliphatic rings. The van der Waals surface area contributed by atoms with Crippen molar-refractivity contribution in [2.75, 3.05) is 6.61 Å². The number of hydrogen-bond acceptors (Lipinski definition) is 1. The van der Waals surface area contributed by atoms with Gasteiger partial charge in [0, 0.05) is 10.4 Å². The van der Waals surface area contributed by atoms with Gasteiger partial charge in [-0.3, -0.25) is 0 Å². The highest BCUT2D eigenvalue weighted by molar-refractivity contribution is 6.31. The van der Waals surface area contributed by atoms with Gasteiger partial charge in [-0.15, -0.1) is 0 Å². The van der Waals surface area contributed by atoms with Crippen molar-refractivity contribution in [3.05, 3.63) is 34.3 Å². The second-order valence-corrected chi connectivity index (χ2v) is 7.14. The van der Waals surface area contributed by atoms with E-state index in [2.05, 4.69) is 19.1 Å². The fraction of sp³-hybridized carbons (Fsp3) is 0.647. The highest BCUT2D eigenvalue weighted by atomic mass is 35.5. The SMILES string of the molecule is CC1CCC(c2ccc(C(C)(C)CO)cc2Cl)CC1. The number of aliphatic hydroxyl groups excluding tert-OH is 1. The van der Waals surface area contributed by atoms with Crippen LogP contribution in [0.2, 0.25) is 5.02 Å². The molecule has 0 radical (unpaired) electrons. The Morgan fingerprint density at radius 2 is 1.84 bits per heavy atom. The number of halogens is 1. The molecule has 0 aliphatic heterocycles. The molecule has 0 amide bonds. The van der Waals surface area contributed by atoms with Gasteiger partial charge in [0.1, 0.15) is 0 Å². The monoisotopic (exact) mass is 280 g/mol. The van der Waals surface area contributed by atoms with Crippen molar-refractivity contribution < 1.29 is 5.11 Å². The van der Waals surface area contributed by atoms with Gasteiger partial charge in [0.2, 0.25) is 0 Å². The molecule has 2 rings (SSSR count). The van der Waals surface area contributed by atoms with Crippen molar-refractivity contribution in [1.82, 2.24) is 0 Å².